The number of nitrogens with zero attached hydrogens (tertiary/aromatic N) is 2. The summed E-state index contributed by atoms with van der Waals surface area (Å²) in [7, 11) is -0.902. The van der Waals surface area contributed by atoms with Gasteiger partial charge in [0.2, 0.25) is 10.0 Å². The van der Waals surface area contributed by atoms with Crippen molar-refractivity contribution in [2.45, 2.75) is 11.8 Å². The van der Waals surface area contributed by atoms with Crippen LogP contribution in [-0.4, -0.2) is 71.7 Å². The molecule has 0 radical (unpaired) electrons. The Morgan fingerprint density at radius 1 is 1.22 bits per heavy atom. The van der Waals surface area contributed by atoms with E-state index >= 15 is 0 Å². The molecule has 0 aliphatic carbocycles. The zero-order valence-corrected chi connectivity index (χ0v) is 16.3. The molecule has 1 aliphatic rings. The Morgan fingerprint density at radius 3 is 2.48 bits per heavy atom. The summed E-state index contributed by atoms with van der Waals surface area (Å²) in [6, 6.07) is 4.33. The van der Waals surface area contributed by atoms with Crippen LogP contribution in [0.15, 0.2) is 23.1 Å². The SMILES string of the molecule is CCOC(=O)NNC(=O)c1cc(S(=O)(=O)N(C)C)ccc1N1CCOCC1. The maximum atomic E-state index is 12.6. The molecule has 2 N–H and O–H groups in total. The third-order valence-electron chi connectivity index (χ3n) is 3.90. The van der Waals surface area contributed by atoms with E-state index in [0.717, 1.165) is 4.31 Å². The maximum Gasteiger partial charge on any atom is 0.426 e. The van der Waals surface area contributed by atoms with E-state index in [1.54, 1.807) is 13.0 Å². The number of rotatable bonds is 5. The van der Waals surface area contributed by atoms with E-state index in [1.165, 1.54) is 26.2 Å². The second kappa shape index (κ2) is 9.02. The molecule has 0 saturated carbocycles. The summed E-state index contributed by atoms with van der Waals surface area (Å²) >= 11 is 0. The first-order chi connectivity index (χ1) is 12.8. The number of sulfonamides is 1. The Labute approximate surface area is 158 Å². The van der Waals surface area contributed by atoms with Crippen LogP contribution in [0.4, 0.5) is 10.5 Å². The van der Waals surface area contributed by atoms with Crippen LogP contribution in [0.25, 0.3) is 0 Å². The third kappa shape index (κ3) is 5.08. The van der Waals surface area contributed by atoms with Crippen molar-refractivity contribution in [2.75, 3.05) is 51.9 Å². The first kappa shape index (κ1) is 20.9. The van der Waals surface area contributed by atoms with Gasteiger partial charge in [-0.25, -0.2) is 22.9 Å². The van der Waals surface area contributed by atoms with Gasteiger partial charge in [0.05, 0.1) is 30.3 Å². The zero-order chi connectivity index (χ0) is 20.0. The van der Waals surface area contributed by atoms with E-state index in [1.807, 2.05) is 4.90 Å². The lowest BCUT2D eigenvalue weighted by molar-refractivity contribution is 0.0911. The Morgan fingerprint density at radius 2 is 1.89 bits per heavy atom. The molecule has 0 bridgehead atoms. The van der Waals surface area contributed by atoms with Crippen molar-refractivity contribution in [3.05, 3.63) is 23.8 Å². The molecule has 0 unspecified atom stereocenters. The van der Waals surface area contributed by atoms with Crippen molar-refractivity contribution >= 4 is 27.7 Å². The molecule has 2 rings (SSSR count). The standard InChI is InChI=1S/C16H24N4O6S/c1-4-26-16(22)18-17-15(21)13-11-12(27(23,24)19(2)3)5-6-14(13)20-7-9-25-10-8-20/h5-6,11H,4,7-10H2,1-3H3,(H,17,21)(H,18,22). The zero-order valence-electron chi connectivity index (χ0n) is 15.5. The van der Waals surface area contributed by atoms with E-state index in [2.05, 4.69) is 15.6 Å². The minimum absolute atomic E-state index is 0.0224. The Hall–Kier alpha value is -2.37. The van der Waals surface area contributed by atoms with Gasteiger partial charge in [0.1, 0.15) is 0 Å². The van der Waals surface area contributed by atoms with E-state index in [-0.39, 0.29) is 17.1 Å². The highest BCUT2D eigenvalue weighted by molar-refractivity contribution is 7.89. The number of ether oxygens (including phenoxy) is 2. The molecule has 10 nitrogen and oxygen atoms in total. The predicted octanol–water partition coefficient (Wildman–Crippen LogP) is 0.164. The number of hydrazine groups is 1. The van der Waals surface area contributed by atoms with Crippen LogP contribution in [0, 0.1) is 0 Å². The fraction of sp³-hybridized carbons (Fsp3) is 0.500. The van der Waals surface area contributed by atoms with Gasteiger partial charge in [-0.1, -0.05) is 0 Å². The first-order valence-corrected chi connectivity index (χ1v) is 9.83. The van der Waals surface area contributed by atoms with E-state index in [4.69, 9.17) is 4.74 Å². The lowest BCUT2D eigenvalue weighted by atomic mass is 10.1. The molecule has 1 aromatic carbocycles. The molecule has 1 saturated heterocycles. The largest absolute Gasteiger partial charge is 0.449 e. The highest BCUT2D eigenvalue weighted by Gasteiger charge is 2.24. The summed E-state index contributed by atoms with van der Waals surface area (Å²) in [5, 5.41) is 0. The molecule has 1 aromatic rings. The summed E-state index contributed by atoms with van der Waals surface area (Å²) in [6.45, 7) is 3.90. The predicted molar refractivity (Wildman–Crippen MR) is 98.0 cm³/mol. The second-order valence-corrected chi connectivity index (χ2v) is 8.02. The lowest BCUT2D eigenvalue weighted by Crippen LogP contribution is -2.43. The average molecular weight is 400 g/mol. The lowest BCUT2D eigenvalue weighted by Gasteiger charge is -2.30. The van der Waals surface area contributed by atoms with Crippen LogP contribution < -0.4 is 15.8 Å². The fourth-order valence-corrected chi connectivity index (χ4v) is 3.42. The summed E-state index contributed by atoms with van der Waals surface area (Å²) < 4.78 is 35.9. The Kier molecular flexibility index (Phi) is 6.99. The summed E-state index contributed by atoms with van der Waals surface area (Å²) in [6.07, 6.45) is -0.809. The van der Waals surface area contributed by atoms with Crippen LogP contribution >= 0.6 is 0 Å². The highest BCUT2D eigenvalue weighted by Crippen LogP contribution is 2.26. The molecule has 1 heterocycles. The number of hydrogen-bond donors (Lipinski definition) is 2. The number of benzene rings is 1. The molecular weight excluding hydrogens is 376 g/mol. The number of hydrogen-bond acceptors (Lipinski definition) is 7. The second-order valence-electron chi connectivity index (χ2n) is 5.87. The van der Waals surface area contributed by atoms with Crippen molar-refractivity contribution in [1.29, 1.82) is 0 Å². The average Bonchev–Trinajstić information content (AvgIpc) is 2.66. The normalized spacial score (nSPS) is 14.7. The molecule has 27 heavy (non-hydrogen) atoms. The van der Waals surface area contributed by atoms with Crippen LogP contribution in [0.2, 0.25) is 0 Å². The molecular formula is C16H24N4O6S. The fourth-order valence-electron chi connectivity index (χ4n) is 2.49. The highest BCUT2D eigenvalue weighted by atomic mass is 32.2. The number of anilines is 1. The first-order valence-electron chi connectivity index (χ1n) is 8.39. The van der Waals surface area contributed by atoms with Gasteiger partial charge in [0.15, 0.2) is 0 Å². The van der Waals surface area contributed by atoms with Crippen molar-refractivity contribution < 1.29 is 27.5 Å². The molecule has 1 fully saturated rings. The molecule has 0 atom stereocenters. The van der Waals surface area contributed by atoms with Gasteiger partial charge in [0.25, 0.3) is 5.91 Å². The smallest absolute Gasteiger partial charge is 0.426 e. The number of carbonyl (C=O) groups excluding carboxylic acids is 2. The van der Waals surface area contributed by atoms with E-state index in [0.29, 0.717) is 32.0 Å². The van der Waals surface area contributed by atoms with Crippen LogP contribution in [0.5, 0.6) is 0 Å². The molecule has 0 spiro atoms. The molecule has 11 heteroatoms. The van der Waals surface area contributed by atoms with Gasteiger partial charge in [-0.15, -0.1) is 0 Å². The van der Waals surface area contributed by atoms with Crippen molar-refractivity contribution in [3.8, 4) is 0 Å². The van der Waals surface area contributed by atoms with Crippen LogP contribution in [-0.2, 0) is 19.5 Å². The molecule has 150 valence electrons. The Bertz CT molecular complexity index is 790. The van der Waals surface area contributed by atoms with Crippen LogP contribution in [0.3, 0.4) is 0 Å². The van der Waals surface area contributed by atoms with E-state index < -0.39 is 22.0 Å². The minimum Gasteiger partial charge on any atom is -0.449 e. The Balaban J connectivity index is 2.36. The molecule has 2 amide bonds. The summed E-state index contributed by atoms with van der Waals surface area (Å²) in [4.78, 5) is 25.9. The minimum atomic E-state index is -3.72. The number of carbonyl (C=O) groups is 2. The van der Waals surface area contributed by atoms with Crippen LogP contribution in [0.1, 0.15) is 17.3 Å². The topological polar surface area (TPSA) is 117 Å². The van der Waals surface area contributed by atoms with Crippen molar-refractivity contribution in [2.24, 2.45) is 0 Å². The van der Waals surface area contributed by atoms with Gasteiger partial charge < -0.3 is 14.4 Å². The quantitative estimate of drug-likeness (QED) is 0.676. The monoisotopic (exact) mass is 400 g/mol. The molecule has 1 aliphatic heterocycles. The molecule has 0 aromatic heterocycles. The van der Waals surface area contributed by atoms with Crippen molar-refractivity contribution in [3.63, 3.8) is 0 Å². The van der Waals surface area contributed by atoms with Gasteiger partial charge in [-0.3, -0.25) is 10.2 Å². The number of amides is 2. The van der Waals surface area contributed by atoms with Crippen molar-refractivity contribution in [1.82, 2.24) is 15.2 Å². The number of nitrogens with one attached hydrogen (secondary N) is 2. The maximum absolute atomic E-state index is 12.6. The number of morpholine rings is 1. The van der Waals surface area contributed by atoms with E-state index in [9.17, 15) is 18.0 Å². The van der Waals surface area contributed by atoms with Gasteiger partial charge in [-0.2, -0.15) is 0 Å². The summed E-state index contributed by atoms with van der Waals surface area (Å²) in [5.74, 6) is -0.652. The third-order valence-corrected chi connectivity index (χ3v) is 5.71. The summed E-state index contributed by atoms with van der Waals surface area (Å²) in [5.41, 5.74) is 5.05. The van der Waals surface area contributed by atoms with Gasteiger partial charge >= 0.3 is 6.09 Å². The van der Waals surface area contributed by atoms with Gasteiger partial charge in [0, 0.05) is 32.9 Å². The van der Waals surface area contributed by atoms with Gasteiger partial charge in [-0.05, 0) is 25.1 Å².